The molecule has 1 N–H and O–H groups in total. The molecule has 8 heteroatoms. The van der Waals surface area contributed by atoms with Crippen molar-refractivity contribution in [2.75, 3.05) is 6.67 Å². The van der Waals surface area contributed by atoms with Gasteiger partial charge in [-0.3, -0.25) is 0 Å². The van der Waals surface area contributed by atoms with Crippen molar-refractivity contribution in [1.29, 1.82) is 0 Å². The molecule has 0 spiro atoms. The zero-order valence-corrected chi connectivity index (χ0v) is 14.0. The van der Waals surface area contributed by atoms with Crippen LogP contribution in [0.4, 0.5) is 0 Å². The van der Waals surface area contributed by atoms with Crippen molar-refractivity contribution < 1.29 is 19.0 Å². The minimum atomic E-state index is -0.728. The summed E-state index contributed by atoms with van der Waals surface area (Å²) in [7, 11) is 0. The van der Waals surface area contributed by atoms with Crippen LogP contribution in [-0.2, 0) is 19.0 Å². The van der Waals surface area contributed by atoms with Gasteiger partial charge >= 0.3 is 0 Å². The Hall–Kier alpha value is -1.15. The molecule has 4 aliphatic rings. The van der Waals surface area contributed by atoms with Crippen molar-refractivity contribution in [3.63, 3.8) is 0 Å². The number of fused-ring (bicyclic) bond motifs is 2. The standard InChI is InChI=1S/C15H20ClN3O4/c1-7-4-8-12(16)17-6-18-13(8)19(7)14-11-10(9(5-20)21-14)22-15(2,3)23-11/h5,7,9-11,14,17H,4,6H2,1-3H3/t7?,9-,10-,11-,14-/m1/s1. The molecule has 5 atom stereocenters. The number of likely N-dealkylation sites (tertiary alicyclic amines) is 1. The van der Waals surface area contributed by atoms with Gasteiger partial charge in [-0.25, -0.2) is 4.99 Å². The number of aldehydes is 1. The van der Waals surface area contributed by atoms with Crippen LogP contribution in [0.25, 0.3) is 0 Å². The van der Waals surface area contributed by atoms with Gasteiger partial charge in [-0.15, -0.1) is 0 Å². The van der Waals surface area contributed by atoms with E-state index in [0.717, 1.165) is 24.1 Å². The van der Waals surface area contributed by atoms with Crippen molar-refractivity contribution in [1.82, 2.24) is 10.2 Å². The first kappa shape index (κ1) is 15.4. The van der Waals surface area contributed by atoms with Gasteiger partial charge in [-0.1, -0.05) is 11.6 Å². The molecular weight excluding hydrogens is 322 g/mol. The highest BCUT2D eigenvalue weighted by Gasteiger charge is 2.58. The topological polar surface area (TPSA) is 72.4 Å². The Morgan fingerprint density at radius 1 is 1.39 bits per heavy atom. The molecule has 4 rings (SSSR count). The molecule has 0 aromatic rings. The number of hydrogen-bond acceptors (Lipinski definition) is 7. The largest absolute Gasteiger partial charge is 0.356 e. The molecule has 0 aromatic heterocycles. The quantitative estimate of drug-likeness (QED) is 0.595. The molecule has 3 saturated heterocycles. The molecule has 3 fully saturated rings. The summed E-state index contributed by atoms with van der Waals surface area (Å²) in [6.07, 6.45) is -0.214. The Balaban J connectivity index is 1.68. The third-order valence-corrected chi connectivity index (χ3v) is 5.05. The molecule has 0 aliphatic carbocycles. The van der Waals surface area contributed by atoms with Crippen LogP contribution in [0, 0.1) is 0 Å². The lowest BCUT2D eigenvalue weighted by atomic mass is 10.1. The number of halogens is 1. The molecule has 4 aliphatic heterocycles. The molecule has 0 aromatic carbocycles. The van der Waals surface area contributed by atoms with Crippen LogP contribution in [0.2, 0.25) is 0 Å². The van der Waals surface area contributed by atoms with Crippen LogP contribution in [-0.4, -0.2) is 60.1 Å². The average Bonchev–Trinajstić information content (AvgIpc) is 3.08. The summed E-state index contributed by atoms with van der Waals surface area (Å²) >= 11 is 6.28. The third-order valence-electron chi connectivity index (χ3n) is 4.69. The first-order valence-electron chi connectivity index (χ1n) is 7.83. The van der Waals surface area contributed by atoms with Gasteiger partial charge in [-0.2, -0.15) is 0 Å². The van der Waals surface area contributed by atoms with Crippen molar-refractivity contribution in [3.05, 3.63) is 10.7 Å². The lowest BCUT2D eigenvalue weighted by molar-refractivity contribution is -0.198. The maximum atomic E-state index is 11.4. The van der Waals surface area contributed by atoms with Gasteiger partial charge < -0.3 is 29.2 Å². The Kier molecular flexibility index (Phi) is 3.46. The number of amidine groups is 1. The molecule has 1 unspecified atom stereocenters. The summed E-state index contributed by atoms with van der Waals surface area (Å²) < 4.78 is 17.8. The highest BCUT2D eigenvalue weighted by molar-refractivity contribution is 6.32. The van der Waals surface area contributed by atoms with Crippen molar-refractivity contribution in [2.24, 2.45) is 4.99 Å². The van der Waals surface area contributed by atoms with E-state index in [4.69, 9.17) is 25.8 Å². The van der Waals surface area contributed by atoms with Crippen LogP contribution in [0.3, 0.4) is 0 Å². The van der Waals surface area contributed by atoms with Crippen LogP contribution in [0.5, 0.6) is 0 Å². The number of carbonyl (C=O) groups excluding carboxylic acids is 1. The van der Waals surface area contributed by atoms with Gasteiger partial charge in [0.25, 0.3) is 0 Å². The second-order valence-electron chi connectivity index (χ2n) is 6.76. The second-order valence-corrected chi connectivity index (χ2v) is 7.14. The molecule has 0 radical (unpaired) electrons. The molecular formula is C15H20ClN3O4. The van der Waals surface area contributed by atoms with E-state index in [0.29, 0.717) is 11.8 Å². The molecule has 0 bridgehead atoms. The van der Waals surface area contributed by atoms with E-state index in [2.05, 4.69) is 22.1 Å². The normalized spacial score (nSPS) is 41.5. The predicted molar refractivity (Wildman–Crippen MR) is 82.8 cm³/mol. The Labute approximate surface area is 139 Å². The molecule has 126 valence electrons. The van der Waals surface area contributed by atoms with Gasteiger partial charge in [0.05, 0.1) is 0 Å². The Morgan fingerprint density at radius 2 is 2.13 bits per heavy atom. The van der Waals surface area contributed by atoms with Gasteiger partial charge in [0.1, 0.15) is 36.0 Å². The summed E-state index contributed by atoms with van der Waals surface area (Å²) in [4.78, 5) is 18.0. The average molecular weight is 342 g/mol. The predicted octanol–water partition coefficient (Wildman–Crippen LogP) is 0.934. The zero-order chi connectivity index (χ0) is 16.4. The number of carbonyl (C=O) groups is 1. The van der Waals surface area contributed by atoms with E-state index in [1.807, 2.05) is 13.8 Å². The second kappa shape index (κ2) is 5.17. The van der Waals surface area contributed by atoms with E-state index in [-0.39, 0.29) is 12.1 Å². The van der Waals surface area contributed by atoms with Crippen molar-refractivity contribution in [3.8, 4) is 0 Å². The minimum Gasteiger partial charge on any atom is -0.356 e. The zero-order valence-electron chi connectivity index (χ0n) is 13.3. The summed E-state index contributed by atoms with van der Waals surface area (Å²) in [5.41, 5.74) is 0.985. The minimum absolute atomic E-state index is 0.153. The molecule has 23 heavy (non-hydrogen) atoms. The molecule has 0 saturated carbocycles. The molecule has 0 amide bonds. The van der Waals surface area contributed by atoms with Crippen molar-refractivity contribution >= 4 is 23.7 Å². The summed E-state index contributed by atoms with van der Waals surface area (Å²) in [5.74, 6) is 0.0956. The Bertz CT molecular complexity index is 606. The first-order chi connectivity index (χ1) is 10.9. The van der Waals surface area contributed by atoms with Crippen molar-refractivity contribution in [2.45, 2.75) is 63.6 Å². The number of aliphatic imine (C=N–C) groups is 1. The van der Waals surface area contributed by atoms with Crippen LogP contribution < -0.4 is 5.32 Å². The van der Waals surface area contributed by atoms with Gasteiger partial charge in [0.15, 0.2) is 18.3 Å². The summed E-state index contributed by atoms with van der Waals surface area (Å²) in [5, 5.41) is 3.68. The number of nitrogens with one attached hydrogen (secondary N) is 1. The SMILES string of the molecule is CC1CC2=C(Cl)NCN=C2N1[C@@H]1O[C@H](C=O)[C@H]2OC(C)(C)O[C@H]21. The van der Waals surface area contributed by atoms with Crippen LogP contribution in [0.15, 0.2) is 15.7 Å². The highest BCUT2D eigenvalue weighted by atomic mass is 35.5. The third kappa shape index (κ3) is 2.29. The fourth-order valence-electron chi connectivity index (χ4n) is 3.82. The highest BCUT2D eigenvalue weighted by Crippen LogP contribution is 2.42. The van der Waals surface area contributed by atoms with E-state index in [9.17, 15) is 4.79 Å². The summed E-state index contributed by atoms with van der Waals surface area (Å²) in [6.45, 7) is 6.22. The van der Waals surface area contributed by atoms with Crippen LogP contribution in [0.1, 0.15) is 27.2 Å². The van der Waals surface area contributed by atoms with Gasteiger partial charge in [0, 0.05) is 11.6 Å². The van der Waals surface area contributed by atoms with Crippen LogP contribution >= 0.6 is 11.6 Å². The maximum absolute atomic E-state index is 11.4. The van der Waals surface area contributed by atoms with Gasteiger partial charge in [0.2, 0.25) is 0 Å². The fourth-order valence-corrected chi connectivity index (χ4v) is 4.04. The lowest BCUT2D eigenvalue weighted by Gasteiger charge is -2.34. The van der Waals surface area contributed by atoms with E-state index >= 15 is 0 Å². The number of nitrogens with zero attached hydrogens (tertiary/aromatic N) is 2. The lowest BCUT2D eigenvalue weighted by Crippen LogP contribution is -2.48. The number of rotatable bonds is 2. The smallest absolute Gasteiger partial charge is 0.164 e. The molecule has 4 heterocycles. The first-order valence-corrected chi connectivity index (χ1v) is 8.21. The van der Waals surface area contributed by atoms with E-state index < -0.39 is 24.2 Å². The van der Waals surface area contributed by atoms with Gasteiger partial charge in [-0.05, 0) is 27.2 Å². The number of ether oxygens (including phenoxy) is 3. The fraction of sp³-hybridized carbons (Fsp3) is 0.733. The number of hydrogen-bond donors (Lipinski definition) is 1. The van der Waals surface area contributed by atoms with E-state index in [1.54, 1.807) is 0 Å². The Morgan fingerprint density at radius 3 is 2.87 bits per heavy atom. The monoisotopic (exact) mass is 341 g/mol. The summed E-state index contributed by atoms with van der Waals surface area (Å²) in [6, 6.07) is 0.153. The molecule has 7 nitrogen and oxygen atoms in total. The maximum Gasteiger partial charge on any atom is 0.164 e. The van der Waals surface area contributed by atoms with E-state index in [1.165, 1.54) is 0 Å².